The molecular weight excluding hydrogens is 318 g/mol. The van der Waals surface area contributed by atoms with Gasteiger partial charge in [-0.15, -0.1) is 0 Å². The number of hydrogen-bond donors (Lipinski definition) is 0. The quantitative estimate of drug-likeness (QED) is 0.740. The highest BCUT2D eigenvalue weighted by Crippen LogP contribution is 2.63. The number of nitrogens with zero attached hydrogens (tertiary/aromatic N) is 1. The molecule has 0 N–H and O–H groups in total. The number of hydrogen-bond acceptors (Lipinski definition) is 2. The lowest BCUT2D eigenvalue weighted by atomic mass is 9.96. The second-order valence-corrected chi connectivity index (χ2v) is 9.80. The van der Waals surface area contributed by atoms with Crippen LogP contribution in [0.2, 0.25) is 0 Å². The molecule has 3 rings (SSSR count). The molecule has 1 fully saturated rings. The molecular formula is C20H27NO2S. The molecule has 0 saturated heterocycles. The fourth-order valence-corrected chi connectivity index (χ4v) is 5.35. The van der Waals surface area contributed by atoms with Crippen LogP contribution in [-0.4, -0.2) is 19.3 Å². The fraction of sp³-hybridized carbons (Fsp3) is 0.500. The summed E-state index contributed by atoms with van der Waals surface area (Å²) in [4.78, 5) is 0.371. The summed E-state index contributed by atoms with van der Waals surface area (Å²) in [5.41, 5.74) is 4.08. The lowest BCUT2D eigenvalue weighted by Crippen LogP contribution is -2.29. The maximum absolute atomic E-state index is 13.0. The third-order valence-corrected chi connectivity index (χ3v) is 7.44. The zero-order valence-corrected chi connectivity index (χ0v) is 16.0. The van der Waals surface area contributed by atoms with E-state index in [4.69, 9.17) is 0 Å². The molecule has 3 nitrogen and oxygen atoms in total. The zero-order valence-electron chi connectivity index (χ0n) is 15.2. The first-order chi connectivity index (χ1) is 11.2. The molecule has 0 radical (unpaired) electrons. The Kier molecular flexibility index (Phi) is 4.15. The van der Waals surface area contributed by atoms with Crippen molar-refractivity contribution in [1.29, 1.82) is 0 Å². The predicted octanol–water partition coefficient (Wildman–Crippen LogP) is 4.51. The molecule has 4 heteroatoms. The van der Waals surface area contributed by atoms with Gasteiger partial charge in [0.05, 0.1) is 4.90 Å². The maximum Gasteiger partial charge on any atom is 0.263 e. The second kappa shape index (κ2) is 5.76. The number of aryl methyl sites for hydroxylation is 1. The van der Waals surface area contributed by atoms with Crippen LogP contribution in [0.4, 0.5) is 0 Å². The summed E-state index contributed by atoms with van der Waals surface area (Å²) >= 11 is 0. The maximum atomic E-state index is 13.0. The van der Waals surface area contributed by atoms with Crippen LogP contribution in [0, 0.1) is 24.2 Å². The van der Waals surface area contributed by atoms with Crippen LogP contribution < -0.4 is 0 Å². The van der Waals surface area contributed by atoms with Gasteiger partial charge in [0.25, 0.3) is 10.0 Å². The van der Waals surface area contributed by atoms with Gasteiger partial charge in [-0.05, 0) is 56.6 Å². The van der Waals surface area contributed by atoms with Gasteiger partial charge in [-0.3, -0.25) is 4.31 Å². The molecule has 1 aliphatic heterocycles. The van der Waals surface area contributed by atoms with Crippen LogP contribution in [0.25, 0.3) is 0 Å². The SMILES string of the molecule is CC(C)=C1C/C=C\N(S(=O)(=O)c2ccc(C)cc2)CC2C1C2(C)C. The van der Waals surface area contributed by atoms with Gasteiger partial charge in [0.2, 0.25) is 0 Å². The van der Waals surface area contributed by atoms with Gasteiger partial charge in [0.15, 0.2) is 0 Å². The molecule has 1 heterocycles. The summed E-state index contributed by atoms with van der Waals surface area (Å²) in [6.45, 7) is 11.4. The van der Waals surface area contributed by atoms with Crippen LogP contribution in [0.3, 0.4) is 0 Å². The van der Waals surface area contributed by atoms with E-state index in [-0.39, 0.29) is 5.41 Å². The van der Waals surface area contributed by atoms with Gasteiger partial charge in [-0.1, -0.05) is 48.8 Å². The minimum Gasteiger partial charge on any atom is -0.273 e. The fourth-order valence-electron chi connectivity index (χ4n) is 3.99. The molecule has 1 saturated carbocycles. The summed E-state index contributed by atoms with van der Waals surface area (Å²) in [6, 6.07) is 7.11. The molecule has 2 atom stereocenters. The molecule has 1 aromatic rings. The van der Waals surface area contributed by atoms with E-state index in [1.54, 1.807) is 22.6 Å². The van der Waals surface area contributed by atoms with Gasteiger partial charge in [0, 0.05) is 12.7 Å². The molecule has 130 valence electrons. The van der Waals surface area contributed by atoms with Crippen molar-refractivity contribution in [3.63, 3.8) is 0 Å². The van der Waals surface area contributed by atoms with Crippen molar-refractivity contribution in [1.82, 2.24) is 4.31 Å². The lowest BCUT2D eigenvalue weighted by Gasteiger charge is -2.23. The van der Waals surface area contributed by atoms with Gasteiger partial charge in [0.1, 0.15) is 0 Å². The summed E-state index contributed by atoms with van der Waals surface area (Å²) in [5.74, 6) is 0.871. The minimum atomic E-state index is -3.48. The first kappa shape index (κ1) is 17.3. The number of allylic oxidation sites excluding steroid dienone is 3. The Balaban J connectivity index is 1.96. The smallest absolute Gasteiger partial charge is 0.263 e. The van der Waals surface area contributed by atoms with E-state index < -0.39 is 10.0 Å². The van der Waals surface area contributed by atoms with Gasteiger partial charge >= 0.3 is 0 Å². The Morgan fingerprint density at radius 3 is 2.38 bits per heavy atom. The Hall–Kier alpha value is -1.55. The molecule has 24 heavy (non-hydrogen) atoms. The van der Waals surface area contributed by atoms with Crippen molar-refractivity contribution in [2.75, 3.05) is 6.54 Å². The first-order valence-corrected chi connectivity index (χ1v) is 10.0. The molecule has 0 aromatic heterocycles. The van der Waals surface area contributed by atoms with E-state index in [1.807, 2.05) is 25.1 Å². The van der Waals surface area contributed by atoms with Crippen LogP contribution in [0.1, 0.15) is 39.7 Å². The van der Waals surface area contributed by atoms with E-state index in [1.165, 1.54) is 11.1 Å². The van der Waals surface area contributed by atoms with Crippen molar-refractivity contribution >= 4 is 10.0 Å². The van der Waals surface area contributed by atoms with Crippen molar-refractivity contribution in [3.8, 4) is 0 Å². The standard InChI is InChI=1S/C20H27NO2S/c1-14(2)17-7-6-12-21(13-18-19(17)20(18,4)5)24(22,23)16-10-8-15(3)9-11-16/h6,8-12,18-19H,7,13H2,1-5H3/b12-6-. The Morgan fingerprint density at radius 2 is 1.79 bits per heavy atom. The van der Waals surface area contributed by atoms with E-state index in [9.17, 15) is 8.42 Å². The second-order valence-electron chi connectivity index (χ2n) is 7.91. The first-order valence-electron chi connectivity index (χ1n) is 8.57. The van der Waals surface area contributed by atoms with E-state index >= 15 is 0 Å². The average molecular weight is 346 g/mol. The Morgan fingerprint density at radius 1 is 1.17 bits per heavy atom. The Bertz CT molecular complexity index is 797. The van der Waals surface area contributed by atoms with Crippen LogP contribution in [0.5, 0.6) is 0 Å². The summed E-state index contributed by atoms with van der Waals surface area (Å²) in [7, 11) is -3.48. The van der Waals surface area contributed by atoms with E-state index in [2.05, 4.69) is 27.7 Å². The molecule has 0 amide bonds. The third-order valence-electron chi connectivity index (χ3n) is 5.68. The van der Waals surface area contributed by atoms with Crippen molar-refractivity contribution in [2.45, 2.75) is 45.9 Å². The zero-order chi connectivity index (χ0) is 17.7. The van der Waals surface area contributed by atoms with Crippen molar-refractivity contribution in [2.24, 2.45) is 17.3 Å². The average Bonchev–Trinajstić information content (AvgIpc) is 2.97. The Labute approximate surface area is 146 Å². The largest absolute Gasteiger partial charge is 0.273 e. The minimum absolute atomic E-state index is 0.166. The highest BCUT2D eigenvalue weighted by Gasteiger charge is 2.59. The van der Waals surface area contributed by atoms with Gasteiger partial charge in [-0.25, -0.2) is 8.42 Å². The molecule has 2 unspecified atom stereocenters. The number of fused-ring (bicyclic) bond motifs is 1. The molecule has 0 bridgehead atoms. The number of sulfonamides is 1. The molecule has 1 aliphatic carbocycles. The molecule has 0 spiro atoms. The highest BCUT2D eigenvalue weighted by atomic mass is 32.2. The molecule has 2 aliphatic rings. The normalized spacial score (nSPS) is 27.0. The topological polar surface area (TPSA) is 37.4 Å². The van der Waals surface area contributed by atoms with Crippen LogP contribution >= 0.6 is 0 Å². The lowest BCUT2D eigenvalue weighted by molar-refractivity contribution is 0.442. The van der Waals surface area contributed by atoms with Crippen molar-refractivity contribution in [3.05, 3.63) is 53.3 Å². The number of rotatable bonds is 2. The van der Waals surface area contributed by atoms with Crippen molar-refractivity contribution < 1.29 is 8.42 Å². The summed E-state index contributed by atoms with van der Waals surface area (Å²) in [5, 5.41) is 0. The highest BCUT2D eigenvalue weighted by molar-refractivity contribution is 7.89. The van der Waals surface area contributed by atoms with Crippen LogP contribution in [0.15, 0.2) is 52.6 Å². The third kappa shape index (κ3) is 2.81. The summed E-state index contributed by atoms with van der Waals surface area (Å²) < 4.78 is 27.6. The van der Waals surface area contributed by atoms with Gasteiger partial charge in [-0.2, -0.15) is 0 Å². The van der Waals surface area contributed by atoms with E-state index in [0.29, 0.717) is 23.3 Å². The summed E-state index contributed by atoms with van der Waals surface area (Å²) in [6.07, 6.45) is 4.61. The predicted molar refractivity (Wildman–Crippen MR) is 98.0 cm³/mol. The van der Waals surface area contributed by atoms with E-state index in [0.717, 1.165) is 12.0 Å². The van der Waals surface area contributed by atoms with Gasteiger partial charge < -0.3 is 0 Å². The number of benzene rings is 1. The molecule has 1 aromatic carbocycles. The monoisotopic (exact) mass is 345 g/mol. The van der Waals surface area contributed by atoms with Crippen LogP contribution in [-0.2, 0) is 10.0 Å².